The van der Waals surface area contributed by atoms with Gasteiger partial charge in [0.2, 0.25) is 0 Å². The van der Waals surface area contributed by atoms with Crippen LogP contribution in [0.2, 0.25) is 0 Å². The van der Waals surface area contributed by atoms with Crippen LogP contribution in [-0.4, -0.2) is 34.8 Å². The van der Waals surface area contributed by atoms with Crippen LogP contribution in [0.25, 0.3) is 22.3 Å². The maximum Gasteiger partial charge on any atom is 0.658 e. The Morgan fingerprint density at radius 3 is 1.35 bits per heavy atom. The maximum atomic E-state index is 13.5. The summed E-state index contributed by atoms with van der Waals surface area (Å²) in [6.07, 6.45) is 0. The molecular weight excluding hydrogens is 691 g/mol. The van der Waals surface area contributed by atoms with Crippen LogP contribution in [0.5, 0.6) is 11.5 Å². The molecule has 0 bridgehead atoms. The average Bonchev–Trinajstić information content (AvgIpc) is 3.59. The minimum atomic E-state index is -3.99. The molecule has 6 rings (SSSR count). The number of nitrogens with one attached hydrogen (secondary N) is 2. The van der Waals surface area contributed by atoms with E-state index in [1.54, 1.807) is 102 Å². The molecular formula is C36H34BN4O8S2. The Bertz CT molecular complexity index is 2270. The molecule has 2 N–H and O–H groups in total. The summed E-state index contributed by atoms with van der Waals surface area (Å²) in [5.74, 6) is 1.77. The zero-order valence-corrected chi connectivity index (χ0v) is 30.3. The summed E-state index contributed by atoms with van der Waals surface area (Å²) < 4.78 is 81.0. The van der Waals surface area contributed by atoms with Gasteiger partial charge in [0.05, 0.1) is 32.6 Å². The Hall–Kier alpha value is -5.54. The molecule has 15 heteroatoms. The topological polar surface area (TPSA) is 163 Å². The molecule has 0 spiro atoms. The van der Waals surface area contributed by atoms with E-state index in [-0.39, 0.29) is 21.2 Å². The van der Waals surface area contributed by atoms with Gasteiger partial charge < -0.3 is 18.4 Å². The normalized spacial score (nSPS) is 11.6. The Morgan fingerprint density at radius 1 is 0.569 bits per heavy atom. The van der Waals surface area contributed by atoms with Gasteiger partial charge in [0.1, 0.15) is 23.0 Å². The van der Waals surface area contributed by atoms with Crippen molar-refractivity contribution in [3.63, 3.8) is 0 Å². The number of benzene rings is 4. The van der Waals surface area contributed by atoms with Gasteiger partial charge in [-0.3, -0.25) is 9.44 Å². The summed E-state index contributed by atoms with van der Waals surface area (Å²) >= 11 is 0. The lowest BCUT2D eigenvalue weighted by molar-refractivity contribution is 0.393. The first-order valence-electron chi connectivity index (χ1n) is 15.7. The second-order valence-electron chi connectivity index (χ2n) is 12.0. The monoisotopic (exact) mass is 725 g/mol. The zero-order chi connectivity index (χ0) is 36.5. The van der Waals surface area contributed by atoms with Crippen molar-refractivity contribution in [1.82, 2.24) is 10.3 Å². The van der Waals surface area contributed by atoms with Crippen molar-refractivity contribution in [2.45, 2.75) is 51.3 Å². The van der Waals surface area contributed by atoms with E-state index in [0.29, 0.717) is 56.7 Å². The lowest BCUT2D eigenvalue weighted by Crippen LogP contribution is -2.15. The molecule has 1 radical (unpaired) electrons. The first-order chi connectivity index (χ1) is 24.2. The van der Waals surface area contributed by atoms with Crippen molar-refractivity contribution >= 4 is 39.1 Å². The number of hydrogen-bond donors (Lipinski definition) is 2. The molecule has 0 aliphatic rings. The largest absolute Gasteiger partial charge is 0.658 e. The molecule has 0 saturated heterocycles. The van der Waals surface area contributed by atoms with Crippen molar-refractivity contribution < 1.29 is 35.2 Å². The minimum Gasteiger partial charge on any atom is -0.526 e. The number of rotatable bonds is 12. The van der Waals surface area contributed by atoms with Crippen molar-refractivity contribution in [2.24, 2.45) is 0 Å². The van der Waals surface area contributed by atoms with Gasteiger partial charge in [-0.25, -0.2) is 16.8 Å². The fourth-order valence-corrected chi connectivity index (χ4v) is 8.34. The smallest absolute Gasteiger partial charge is 0.526 e. The lowest BCUT2D eigenvalue weighted by Gasteiger charge is -2.14. The van der Waals surface area contributed by atoms with Crippen LogP contribution in [0.1, 0.15) is 34.0 Å². The van der Waals surface area contributed by atoms with Gasteiger partial charge in [-0.15, -0.1) is 0 Å². The van der Waals surface area contributed by atoms with Gasteiger partial charge in [-0.1, -0.05) is 46.7 Å². The predicted molar refractivity (Wildman–Crippen MR) is 194 cm³/mol. The van der Waals surface area contributed by atoms with E-state index >= 15 is 0 Å². The van der Waals surface area contributed by atoms with E-state index < -0.39 is 20.0 Å². The van der Waals surface area contributed by atoms with Crippen LogP contribution in [0.4, 0.5) is 11.4 Å². The van der Waals surface area contributed by atoms with E-state index in [0.717, 1.165) is 18.8 Å². The number of hydrogen-bond acceptors (Lipinski definition) is 10. The summed E-state index contributed by atoms with van der Waals surface area (Å²) in [5.41, 5.74) is 5.84. The highest BCUT2D eigenvalue weighted by molar-refractivity contribution is 7.93. The molecule has 0 unspecified atom stereocenters. The second kappa shape index (κ2) is 14.0. The van der Waals surface area contributed by atoms with Crippen LogP contribution in [0.3, 0.4) is 0 Å². The standard InChI is InChI=1S/C36H34BN4O8S2/c1-21-13-15-27(35-23(3)38-48-25(35)5)17-33(21)50(42,43)40-29-9-7-11-31(19-29)46-37-47-32-12-8-10-30(20-32)41-51(44,45)34-18-28(16-14-22(34)2)36-24(4)39-49-26(36)6/h7-20,40-41H,1-6H3. The van der Waals surface area contributed by atoms with Gasteiger partial charge >= 0.3 is 7.69 Å². The van der Waals surface area contributed by atoms with Gasteiger partial charge in [-0.2, -0.15) is 0 Å². The highest BCUT2D eigenvalue weighted by Gasteiger charge is 2.22. The average molecular weight is 726 g/mol. The SMILES string of the molecule is Cc1ccc(-c2c(C)noc2C)cc1S(=O)(=O)Nc1cccc(O[B]Oc2cccc(NS(=O)(=O)c3cc(-c4c(C)noc4C)ccc3C)c2)c1. The summed E-state index contributed by atoms with van der Waals surface area (Å²) in [5, 5.41) is 7.95. The van der Waals surface area contributed by atoms with Crippen LogP contribution in [0.15, 0.2) is 104 Å². The van der Waals surface area contributed by atoms with Crippen molar-refractivity contribution in [3.8, 4) is 33.8 Å². The number of sulfonamides is 2. The first-order valence-corrected chi connectivity index (χ1v) is 18.7. The molecule has 51 heavy (non-hydrogen) atoms. The van der Waals surface area contributed by atoms with Gasteiger partial charge in [0.15, 0.2) is 0 Å². The van der Waals surface area contributed by atoms with Crippen LogP contribution in [0, 0.1) is 41.5 Å². The molecule has 2 aromatic heterocycles. The summed E-state index contributed by atoms with van der Waals surface area (Å²) in [4.78, 5) is 0.222. The molecule has 261 valence electrons. The molecule has 0 aliphatic carbocycles. The van der Waals surface area contributed by atoms with E-state index in [1.165, 1.54) is 12.1 Å². The third-order valence-electron chi connectivity index (χ3n) is 8.14. The van der Waals surface area contributed by atoms with E-state index in [4.69, 9.17) is 18.4 Å². The molecule has 0 saturated carbocycles. The predicted octanol–water partition coefficient (Wildman–Crippen LogP) is 7.44. The second-order valence-corrected chi connectivity index (χ2v) is 15.3. The van der Waals surface area contributed by atoms with Crippen LogP contribution in [-0.2, 0) is 20.0 Å². The zero-order valence-electron chi connectivity index (χ0n) is 28.6. The van der Waals surface area contributed by atoms with E-state index in [1.807, 2.05) is 12.1 Å². The van der Waals surface area contributed by atoms with Crippen LogP contribution >= 0.6 is 0 Å². The molecule has 6 aromatic rings. The molecule has 2 heterocycles. The van der Waals surface area contributed by atoms with Crippen molar-refractivity contribution in [2.75, 3.05) is 9.44 Å². The van der Waals surface area contributed by atoms with Gasteiger partial charge in [0.25, 0.3) is 20.0 Å². The van der Waals surface area contributed by atoms with Crippen LogP contribution < -0.4 is 18.8 Å². The molecule has 0 fully saturated rings. The summed E-state index contributed by atoms with van der Waals surface area (Å²) in [7, 11) is -6.91. The fourth-order valence-electron chi connectivity index (χ4n) is 5.70. The molecule has 0 atom stereocenters. The van der Waals surface area contributed by atoms with Crippen molar-refractivity contribution in [1.29, 1.82) is 0 Å². The Labute approximate surface area is 297 Å². The number of anilines is 2. The fraction of sp³-hybridized carbons (Fsp3) is 0.167. The number of nitrogens with zero attached hydrogens (tertiary/aromatic N) is 2. The minimum absolute atomic E-state index is 0.111. The number of aromatic nitrogens is 2. The third kappa shape index (κ3) is 7.64. The maximum absolute atomic E-state index is 13.5. The Kier molecular flexibility index (Phi) is 9.69. The lowest BCUT2D eigenvalue weighted by atomic mass is 10.0. The third-order valence-corrected chi connectivity index (χ3v) is 11.2. The van der Waals surface area contributed by atoms with Crippen molar-refractivity contribution in [3.05, 3.63) is 119 Å². The highest BCUT2D eigenvalue weighted by atomic mass is 32.2. The molecule has 0 amide bonds. The van der Waals surface area contributed by atoms with E-state index in [9.17, 15) is 16.8 Å². The first kappa shape index (κ1) is 35.3. The van der Waals surface area contributed by atoms with Gasteiger partial charge in [0, 0.05) is 23.3 Å². The summed E-state index contributed by atoms with van der Waals surface area (Å²) in [6, 6.07) is 23.1. The van der Waals surface area contributed by atoms with Gasteiger partial charge in [-0.05, 0) is 100 Å². The molecule has 0 aliphatic heterocycles. The Balaban J connectivity index is 1.11. The number of aryl methyl sites for hydroxylation is 6. The van der Waals surface area contributed by atoms with E-state index in [2.05, 4.69) is 19.8 Å². The summed E-state index contributed by atoms with van der Waals surface area (Å²) in [6.45, 7) is 10.6. The molecule has 4 aromatic carbocycles. The highest BCUT2D eigenvalue weighted by Crippen LogP contribution is 2.33. The quantitative estimate of drug-likeness (QED) is 0.121. The molecule has 12 nitrogen and oxygen atoms in total. The Morgan fingerprint density at radius 2 is 0.980 bits per heavy atom.